The van der Waals surface area contributed by atoms with Crippen LogP contribution in [0.2, 0.25) is 0 Å². The van der Waals surface area contributed by atoms with E-state index >= 15 is 0 Å². The van der Waals surface area contributed by atoms with Crippen LogP contribution in [0.5, 0.6) is 0 Å². The van der Waals surface area contributed by atoms with Gasteiger partial charge in [-0.2, -0.15) is 0 Å². The van der Waals surface area contributed by atoms with Crippen LogP contribution >= 0.6 is 0 Å². The third-order valence-electron chi connectivity index (χ3n) is 4.91. The molecule has 2 aliphatic heterocycles. The number of nitrogens with one attached hydrogen (secondary N) is 1. The maximum Gasteiger partial charge on any atom is 0.408 e. The predicted octanol–water partition coefficient (Wildman–Crippen LogP) is 1.71. The van der Waals surface area contributed by atoms with Gasteiger partial charge in [0.05, 0.1) is 13.2 Å². The Hall–Kier alpha value is -2.61. The Bertz CT molecular complexity index is 740. The first kappa shape index (κ1) is 21.1. The molecular weight excluding hydrogens is 374 g/mol. The molecule has 2 aliphatic rings. The largest absolute Gasteiger partial charge is 0.444 e. The first-order valence-corrected chi connectivity index (χ1v) is 9.98. The van der Waals surface area contributed by atoms with Crippen LogP contribution < -0.4 is 5.32 Å². The van der Waals surface area contributed by atoms with Crippen molar-refractivity contribution in [1.29, 1.82) is 0 Å². The molecule has 8 heteroatoms. The average Bonchev–Trinajstić information content (AvgIpc) is 3.02. The fourth-order valence-electron chi connectivity index (χ4n) is 3.59. The summed E-state index contributed by atoms with van der Waals surface area (Å²) in [6.45, 7) is 7.67. The molecule has 0 saturated carbocycles. The van der Waals surface area contributed by atoms with Crippen molar-refractivity contribution in [1.82, 2.24) is 15.1 Å². The number of rotatable bonds is 4. The van der Waals surface area contributed by atoms with Gasteiger partial charge in [0, 0.05) is 19.6 Å². The Kier molecular flexibility index (Phi) is 6.42. The highest BCUT2D eigenvalue weighted by molar-refractivity contribution is 5.93. The first-order valence-electron chi connectivity index (χ1n) is 9.98. The van der Waals surface area contributed by atoms with Crippen LogP contribution in [0, 0.1) is 0 Å². The third kappa shape index (κ3) is 5.26. The van der Waals surface area contributed by atoms with Crippen molar-refractivity contribution in [3.8, 4) is 0 Å². The lowest BCUT2D eigenvalue weighted by atomic mass is 10.0. The molecule has 0 radical (unpaired) electrons. The fourth-order valence-corrected chi connectivity index (χ4v) is 3.59. The number of amides is 3. The highest BCUT2D eigenvalue weighted by atomic mass is 16.6. The van der Waals surface area contributed by atoms with Crippen molar-refractivity contribution in [2.24, 2.45) is 0 Å². The van der Waals surface area contributed by atoms with E-state index in [4.69, 9.17) is 9.47 Å². The molecule has 2 saturated heterocycles. The highest BCUT2D eigenvalue weighted by Gasteiger charge is 2.42. The minimum atomic E-state index is -0.716. The number of hydrogen-bond acceptors (Lipinski definition) is 5. The van der Waals surface area contributed by atoms with Crippen molar-refractivity contribution in [2.75, 3.05) is 32.8 Å². The normalized spacial score (nSPS) is 21.1. The molecule has 1 N–H and O–H groups in total. The molecule has 0 unspecified atom stereocenters. The summed E-state index contributed by atoms with van der Waals surface area (Å²) < 4.78 is 10.6. The van der Waals surface area contributed by atoms with E-state index in [1.807, 2.05) is 30.3 Å². The Balaban J connectivity index is 1.77. The van der Waals surface area contributed by atoms with E-state index in [0.717, 1.165) is 5.56 Å². The van der Waals surface area contributed by atoms with Gasteiger partial charge in [0.15, 0.2) is 0 Å². The quantitative estimate of drug-likeness (QED) is 0.827. The van der Waals surface area contributed by atoms with Crippen LogP contribution in [0.15, 0.2) is 30.3 Å². The standard InChI is InChI=1S/C21H29N3O5/c1-21(2,3)29-20(27)22-16-9-10-24(18(16)25)17(15-7-5-4-6-8-15)19(26)23-11-13-28-14-12-23/h4-8,16-17H,9-14H2,1-3H3,(H,22,27)/t16-,17-/m0/s1. The van der Waals surface area contributed by atoms with Gasteiger partial charge in [0.2, 0.25) is 11.8 Å². The SMILES string of the molecule is CC(C)(C)OC(=O)N[C@H]1CCN([C@H](C(=O)N2CCOCC2)c2ccccc2)C1=O. The molecule has 8 nitrogen and oxygen atoms in total. The molecule has 0 bridgehead atoms. The maximum atomic E-state index is 13.3. The second-order valence-electron chi connectivity index (χ2n) is 8.27. The number of alkyl carbamates (subject to hydrolysis) is 1. The third-order valence-corrected chi connectivity index (χ3v) is 4.91. The summed E-state index contributed by atoms with van der Waals surface area (Å²) in [7, 11) is 0. The molecule has 0 spiro atoms. The smallest absolute Gasteiger partial charge is 0.408 e. The van der Waals surface area contributed by atoms with Crippen molar-refractivity contribution in [2.45, 2.75) is 44.9 Å². The zero-order chi connectivity index (χ0) is 21.0. The van der Waals surface area contributed by atoms with Gasteiger partial charge in [-0.3, -0.25) is 9.59 Å². The van der Waals surface area contributed by atoms with Crippen molar-refractivity contribution < 1.29 is 23.9 Å². The lowest BCUT2D eigenvalue weighted by Crippen LogP contribution is -2.50. The minimum Gasteiger partial charge on any atom is -0.444 e. The van der Waals surface area contributed by atoms with E-state index in [1.165, 1.54) is 0 Å². The zero-order valence-corrected chi connectivity index (χ0v) is 17.2. The monoisotopic (exact) mass is 403 g/mol. The lowest BCUT2D eigenvalue weighted by molar-refractivity contribution is -0.147. The van der Waals surface area contributed by atoms with E-state index in [9.17, 15) is 14.4 Å². The van der Waals surface area contributed by atoms with E-state index < -0.39 is 23.8 Å². The van der Waals surface area contributed by atoms with Crippen molar-refractivity contribution >= 4 is 17.9 Å². The summed E-state index contributed by atoms with van der Waals surface area (Å²) in [6.07, 6.45) is -0.203. The van der Waals surface area contributed by atoms with E-state index in [0.29, 0.717) is 39.3 Å². The van der Waals surface area contributed by atoms with Crippen LogP contribution in [0.1, 0.15) is 38.8 Å². The second kappa shape index (κ2) is 8.82. The zero-order valence-electron chi connectivity index (χ0n) is 17.2. The van der Waals surface area contributed by atoms with Crippen molar-refractivity contribution in [3.05, 3.63) is 35.9 Å². The molecule has 1 aromatic carbocycles. The molecular formula is C21H29N3O5. The molecule has 0 aromatic heterocycles. The number of likely N-dealkylation sites (tertiary alicyclic amines) is 1. The molecule has 29 heavy (non-hydrogen) atoms. The molecule has 2 atom stereocenters. The van der Waals surface area contributed by atoms with Crippen LogP contribution in [-0.4, -0.2) is 72.2 Å². The summed E-state index contributed by atoms with van der Waals surface area (Å²) in [4.78, 5) is 41.8. The van der Waals surface area contributed by atoms with Gasteiger partial charge >= 0.3 is 6.09 Å². The summed E-state index contributed by atoms with van der Waals surface area (Å²) in [6, 6.07) is 7.87. The Morgan fingerprint density at radius 3 is 2.41 bits per heavy atom. The number of morpholine rings is 1. The number of carbonyl (C=O) groups excluding carboxylic acids is 3. The highest BCUT2D eigenvalue weighted by Crippen LogP contribution is 2.28. The van der Waals surface area contributed by atoms with Gasteiger partial charge in [0.1, 0.15) is 17.7 Å². The van der Waals surface area contributed by atoms with E-state index in [-0.39, 0.29) is 11.8 Å². The molecule has 158 valence electrons. The average molecular weight is 403 g/mol. The molecule has 0 aliphatic carbocycles. The Morgan fingerprint density at radius 2 is 1.79 bits per heavy atom. The van der Waals surface area contributed by atoms with Crippen LogP contribution in [-0.2, 0) is 19.1 Å². The van der Waals surface area contributed by atoms with Gasteiger partial charge in [0.25, 0.3) is 0 Å². The number of hydrogen-bond donors (Lipinski definition) is 1. The van der Waals surface area contributed by atoms with Gasteiger partial charge in [-0.05, 0) is 32.8 Å². The van der Waals surface area contributed by atoms with Crippen LogP contribution in [0.4, 0.5) is 4.79 Å². The number of nitrogens with zero attached hydrogens (tertiary/aromatic N) is 2. The fraction of sp³-hybridized carbons (Fsp3) is 0.571. The lowest BCUT2D eigenvalue weighted by Gasteiger charge is -2.34. The van der Waals surface area contributed by atoms with Crippen LogP contribution in [0.3, 0.4) is 0 Å². The minimum absolute atomic E-state index is 0.120. The molecule has 2 fully saturated rings. The topological polar surface area (TPSA) is 88.2 Å². The van der Waals surface area contributed by atoms with Crippen molar-refractivity contribution in [3.63, 3.8) is 0 Å². The second-order valence-corrected chi connectivity index (χ2v) is 8.27. The molecule has 2 heterocycles. The first-order chi connectivity index (χ1) is 13.8. The van der Waals surface area contributed by atoms with E-state index in [2.05, 4.69) is 5.32 Å². The summed E-state index contributed by atoms with van der Waals surface area (Å²) in [5, 5.41) is 2.64. The Morgan fingerprint density at radius 1 is 1.14 bits per heavy atom. The molecule has 3 amide bonds. The number of benzene rings is 1. The number of carbonyl (C=O) groups is 3. The molecule has 1 aromatic rings. The van der Waals surface area contributed by atoms with Gasteiger partial charge in [-0.1, -0.05) is 30.3 Å². The van der Waals surface area contributed by atoms with Crippen LogP contribution in [0.25, 0.3) is 0 Å². The maximum absolute atomic E-state index is 13.3. The summed E-state index contributed by atoms with van der Waals surface area (Å²) in [5.74, 6) is -0.392. The summed E-state index contributed by atoms with van der Waals surface area (Å²) >= 11 is 0. The number of ether oxygens (including phenoxy) is 2. The molecule has 3 rings (SSSR count). The van der Waals surface area contributed by atoms with Gasteiger partial charge < -0.3 is 24.6 Å². The Labute approximate surface area is 171 Å². The van der Waals surface area contributed by atoms with Gasteiger partial charge in [-0.15, -0.1) is 0 Å². The van der Waals surface area contributed by atoms with E-state index in [1.54, 1.807) is 30.6 Å². The van der Waals surface area contributed by atoms with Gasteiger partial charge in [-0.25, -0.2) is 4.79 Å². The summed E-state index contributed by atoms with van der Waals surface area (Å²) in [5.41, 5.74) is 0.111. The predicted molar refractivity (Wildman–Crippen MR) is 106 cm³/mol.